The first-order valence-electron chi connectivity index (χ1n) is 11.6. The molecule has 2 nitrogen and oxygen atoms in total. The fourth-order valence-corrected chi connectivity index (χ4v) is 18.5. The second kappa shape index (κ2) is 18.4. The Hall–Kier alpha value is 0.0775. The molecular formula is C20H46O2Si4. The van der Waals surface area contributed by atoms with E-state index in [1.165, 1.54) is 75.5 Å². The molecule has 0 aromatic carbocycles. The number of carboxylic acids is 1. The molecule has 0 aromatic heterocycles. The number of rotatable bonds is 18. The van der Waals surface area contributed by atoms with E-state index in [0.29, 0.717) is 0 Å². The molecule has 0 aromatic rings. The van der Waals surface area contributed by atoms with Crippen molar-refractivity contribution in [3.63, 3.8) is 0 Å². The lowest BCUT2D eigenvalue weighted by Gasteiger charge is -2.23. The lowest BCUT2D eigenvalue weighted by molar-refractivity contribution is -0.131. The molecule has 0 heterocycles. The minimum absolute atomic E-state index is 0.101. The zero-order valence-electron chi connectivity index (χ0n) is 18.2. The smallest absolute Gasteiger partial charge is 0.326 e. The standard InChI is InChI=1S/C20H46O2Si4/c1-5-9-13-23-17(19(21)22)18(24-14-10-6-2)20(25-15-11-7-3)26-16-12-8-4/h20H,5-16,23-26H2,1-4H3,(H,21,22). The Bertz CT molecular complexity index is 376. The summed E-state index contributed by atoms with van der Waals surface area (Å²) in [5.74, 6) is -0.509. The van der Waals surface area contributed by atoms with Crippen LogP contribution in [0.1, 0.15) is 79.1 Å². The first-order chi connectivity index (χ1) is 12.6. The highest BCUT2D eigenvalue weighted by atomic mass is 28.3. The fraction of sp³-hybridized carbons (Fsp3) is 0.850. The first kappa shape index (κ1) is 26.1. The molecule has 0 aliphatic heterocycles. The van der Waals surface area contributed by atoms with Gasteiger partial charge in [-0.3, -0.25) is 0 Å². The van der Waals surface area contributed by atoms with Gasteiger partial charge in [-0.15, -0.1) is 0 Å². The Kier molecular flexibility index (Phi) is 18.5. The van der Waals surface area contributed by atoms with E-state index in [-0.39, 0.29) is 28.6 Å². The van der Waals surface area contributed by atoms with E-state index in [0.717, 1.165) is 10.4 Å². The monoisotopic (exact) mass is 430 g/mol. The maximum absolute atomic E-state index is 12.2. The Labute approximate surface area is 172 Å². The lowest BCUT2D eigenvalue weighted by Crippen LogP contribution is -2.24. The molecule has 0 radical (unpaired) electrons. The van der Waals surface area contributed by atoms with Crippen molar-refractivity contribution in [2.45, 2.75) is 108 Å². The van der Waals surface area contributed by atoms with Crippen molar-refractivity contribution in [3.05, 3.63) is 10.4 Å². The first-order valence-corrected chi connectivity index (χ1v) is 18.6. The number of hydrogen-bond donors (Lipinski definition) is 1. The van der Waals surface area contributed by atoms with Crippen LogP contribution in [0.4, 0.5) is 0 Å². The normalized spacial score (nSPS) is 15.4. The predicted molar refractivity (Wildman–Crippen MR) is 131 cm³/mol. The Morgan fingerprint density at radius 2 is 1.15 bits per heavy atom. The quantitative estimate of drug-likeness (QED) is 0.205. The fourth-order valence-electron chi connectivity index (χ4n) is 3.90. The Morgan fingerprint density at radius 1 is 0.731 bits per heavy atom. The molecule has 0 saturated heterocycles. The lowest BCUT2D eigenvalue weighted by atomic mass is 10.4. The summed E-state index contributed by atoms with van der Waals surface area (Å²) < 4.78 is 0. The average molecular weight is 431 g/mol. The van der Waals surface area contributed by atoms with Gasteiger partial charge in [0.1, 0.15) is 0 Å². The van der Waals surface area contributed by atoms with E-state index in [4.69, 9.17) is 0 Å². The molecule has 0 aliphatic rings. The second-order valence-electron chi connectivity index (χ2n) is 7.91. The van der Waals surface area contributed by atoms with Crippen molar-refractivity contribution in [2.24, 2.45) is 0 Å². The summed E-state index contributed by atoms with van der Waals surface area (Å²) in [6.45, 7) is 9.10. The van der Waals surface area contributed by atoms with Crippen LogP contribution in [-0.2, 0) is 4.79 Å². The number of aliphatic carboxylic acids is 1. The molecule has 0 saturated carbocycles. The van der Waals surface area contributed by atoms with Crippen LogP contribution in [0.3, 0.4) is 0 Å². The molecule has 1 N–H and O–H groups in total. The van der Waals surface area contributed by atoms with Crippen molar-refractivity contribution in [1.29, 1.82) is 0 Å². The molecule has 0 unspecified atom stereocenters. The summed E-state index contributed by atoms with van der Waals surface area (Å²) in [6.07, 6.45) is 10.4. The van der Waals surface area contributed by atoms with Crippen molar-refractivity contribution in [3.8, 4) is 0 Å². The third kappa shape index (κ3) is 12.5. The summed E-state index contributed by atoms with van der Waals surface area (Å²) in [7, 11) is -1.08. The largest absolute Gasteiger partial charge is 0.478 e. The third-order valence-electron chi connectivity index (χ3n) is 5.53. The van der Waals surface area contributed by atoms with Crippen LogP contribution in [0.2, 0.25) is 29.3 Å². The van der Waals surface area contributed by atoms with Crippen LogP contribution >= 0.6 is 0 Å². The molecule has 0 spiro atoms. The van der Waals surface area contributed by atoms with Gasteiger partial charge in [-0.25, -0.2) is 4.79 Å². The van der Waals surface area contributed by atoms with Gasteiger partial charge >= 0.3 is 5.97 Å². The number of carbonyl (C=O) groups is 1. The van der Waals surface area contributed by atoms with Crippen molar-refractivity contribution in [2.75, 3.05) is 0 Å². The van der Waals surface area contributed by atoms with E-state index < -0.39 is 15.5 Å². The molecule has 0 fully saturated rings. The molecule has 0 aliphatic carbocycles. The SMILES string of the molecule is CCCC[SiH2]C(C(=O)O)=C([SiH2]CCCC)C([SiH2]CCCC)[SiH2]CCCC. The van der Waals surface area contributed by atoms with Gasteiger partial charge in [0.25, 0.3) is 0 Å². The Morgan fingerprint density at radius 3 is 1.58 bits per heavy atom. The van der Waals surface area contributed by atoms with Gasteiger partial charge in [0.2, 0.25) is 0 Å². The number of hydrogen-bond acceptors (Lipinski definition) is 1. The molecule has 0 amide bonds. The van der Waals surface area contributed by atoms with Crippen LogP contribution in [0.25, 0.3) is 0 Å². The van der Waals surface area contributed by atoms with Gasteiger partial charge in [-0.1, -0.05) is 108 Å². The zero-order chi connectivity index (χ0) is 19.6. The molecule has 0 atom stereocenters. The van der Waals surface area contributed by atoms with Gasteiger partial charge in [0, 0.05) is 33.8 Å². The maximum atomic E-state index is 12.2. The van der Waals surface area contributed by atoms with Crippen LogP contribution < -0.4 is 0 Å². The van der Waals surface area contributed by atoms with Crippen LogP contribution in [0.15, 0.2) is 10.4 Å². The van der Waals surface area contributed by atoms with Crippen LogP contribution in [0, 0.1) is 0 Å². The highest BCUT2D eigenvalue weighted by molar-refractivity contribution is 6.68. The molecule has 0 rings (SSSR count). The second-order valence-corrected chi connectivity index (χ2v) is 17.5. The molecule has 0 bridgehead atoms. The van der Waals surface area contributed by atoms with Gasteiger partial charge in [0.05, 0.1) is 9.52 Å². The van der Waals surface area contributed by atoms with Gasteiger partial charge in [-0.05, 0) is 5.16 Å². The summed E-state index contributed by atoms with van der Waals surface area (Å²) in [6, 6.07) is 5.47. The van der Waals surface area contributed by atoms with Crippen molar-refractivity contribution in [1.82, 2.24) is 0 Å². The van der Waals surface area contributed by atoms with Crippen LogP contribution in [0.5, 0.6) is 0 Å². The number of allylic oxidation sites excluding steroid dienone is 1. The average Bonchev–Trinajstić information content (AvgIpc) is 2.62. The maximum Gasteiger partial charge on any atom is 0.326 e. The van der Waals surface area contributed by atoms with E-state index in [1.54, 1.807) is 5.20 Å². The van der Waals surface area contributed by atoms with Gasteiger partial charge in [0.15, 0.2) is 0 Å². The summed E-state index contributed by atoms with van der Waals surface area (Å²) in [4.78, 5) is 12.2. The van der Waals surface area contributed by atoms with Crippen LogP contribution in [-0.4, -0.2) is 49.2 Å². The minimum atomic E-state index is -0.555. The third-order valence-corrected chi connectivity index (χ3v) is 18.3. The highest BCUT2D eigenvalue weighted by Gasteiger charge is 2.22. The van der Waals surface area contributed by atoms with Crippen molar-refractivity contribution < 1.29 is 9.90 Å². The number of carboxylic acid groups (broad SMARTS) is 1. The topological polar surface area (TPSA) is 37.3 Å². The molecule has 6 heteroatoms. The van der Waals surface area contributed by atoms with Gasteiger partial charge in [-0.2, -0.15) is 0 Å². The minimum Gasteiger partial charge on any atom is -0.478 e. The van der Waals surface area contributed by atoms with E-state index >= 15 is 0 Å². The molecule has 154 valence electrons. The van der Waals surface area contributed by atoms with E-state index in [9.17, 15) is 9.90 Å². The summed E-state index contributed by atoms with van der Waals surface area (Å²) in [5, 5.41) is 13.6. The molecule has 26 heavy (non-hydrogen) atoms. The van der Waals surface area contributed by atoms with Crippen molar-refractivity contribution >= 4 is 44.0 Å². The van der Waals surface area contributed by atoms with E-state index in [1.807, 2.05) is 0 Å². The zero-order valence-corrected chi connectivity index (χ0v) is 23.9. The number of unbranched alkanes of at least 4 members (excludes halogenated alkanes) is 4. The van der Waals surface area contributed by atoms with E-state index in [2.05, 4.69) is 27.7 Å². The van der Waals surface area contributed by atoms with Gasteiger partial charge < -0.3 is 5.11 Å². The molecular weight excluding hydrogens is 385 g/mol. The summed E-state index contributed by atoms with van der Waals surface area (Å²) >= 11 is 0. The predicted octanol–water partition coefficient (Wildman–Crippen LogP) is 3.58. The highest BCUT2D eigenvalue weighted by Crippen LogP contribution is 2.25. The summed E-state index contributed by atoms with van der Waals surface area (Å²) in [5.41, 5.74) is 0. The Balaban J connectivity index is 5.41.